The maximum atomic E-state index is 12.5. The zero-order chi connectivity index (χ0) is 12.4. The number of carbonyl (C=O) groups excluding carboxylic acids is 1. The highest BCUT2D eigenvalue weighted by molar-refractivity contribution is 5.85. The van der Waals surface area contributed by atoms with Gasteiger partial charge in [-0.3, -0.25) is 4.79 Å². The molecule has 2 aliphatic heterocycles. The van der Waals surface area contributed by atoms with Crippen LogP contribution in [0.1, 0.15) is 26.7 Å². The number of piperazine rings is 1. The fourth-order valence-electron chi connectivity index (χ4n) is 2.96. The molecule has 0 spiro atoms. The predicted octanol–water partition coefficient (Wildman–Crippen LogP) is 0.959. The quantitative estimate of drug-likeness (QED) is 0.774. The smallest absolute Gasteiger partial charge is 0.240 e. The summed E-state index contributed by atoms with van der Waals surface area (Å²) < 4.78 is 0. The minimum absolute atomic E-state index is 0. The van der Waals surface area contributed by atoms with Gasteiger partial charge in [0.15, 0.2) is 0 Å². The number of halogens is 1. The van der Waals surface area contributed by atoms with Gasteiger partial charge in [-0.1, -0.05) is 6.92 Å². The molecular formula is C13H26ClN3O. The first kappa shape index (κ1) is 15.7. The summed E-state index contributed by atoms with van der Waals surface area (Å²) in [5, 5.41) is 3.37. The van der Waals surface area contributed by atoms with Crippen LogP contribution in [-0.4, -0.2) is 61.0 Å². The number of likely N-dealkylation sites (N-methyl/N-ethyl adjacent to an activating group) is 1. The van der Waals surface area contributed by atoms with E-state index in [0.29, 0.717) is 17.9 Å². The molecule has 3 unspecified atom stereocenters. The number of rotatable bonds is 1. The molecule has 18 heavy (non-hydrogen) atoms. The Labute approximate surface area is 116 Å². The van der Waals surface area contributed by atoms with Crippen molar-refractivity contribution in [3.8, 4) is 0 Å². The molecule has 4 nitrogen and oxygen atoms in total. The number of hydrogen-bond acceptors (Lipinski definition) is 3. The lowest BCUT2D eigenvalue weighted by Gasteiger charge is -2.41. The Morgan fingerprint density at radius 2 is 2.00 bits per heavy atom. The third kappa shape index (κ3) is 3.59. The van der Waals surface area contributed by atoms with E-state index in [9.17, 15) is 4.79 Å². The van der Waals surface area contributed by atoms with E-state index < -0.39 is 0 Å². The van der Waals surface area contributed by atoms with Gasteiger partial charge < -0.3 is 15.1 Å². The number of amides is 1. The van der Waals surface area contributed by atoms with Gasteiger partial charge in [-0.15, -0.1) is 12.4 Å². The van der Waals surface area contributed by atoms with Crippen LogP contribution >= 0.6 is 12.4 Å². The topological polar surface area (TPSA) is 35.6 Å². The highest BCUT2D eigenvalue weighted by Gasteiger charge is 2.32. The van der Waals surface area contributed by atoms with Crippen molar-refractivity contribution >= 4 is 18.3 Å². The molecule has 0 saturated carbocycles. The van der Waals surface area contributed by atoms with Gasteiger partial charge in [0.05, 0.1) is 6.04 Å². The maximum Gasteiger partial charge on any atom is 0.240 e. The molecule has 2 aliphatic rings. The Kier molecular flexibility index (Phi) is 5.89. The second kappa shape index (κ2) is 6.73. The molecule has 1 amide bonds. The van der Waals surface area contributed by atoms with Crippen LogP contribution in [0.3, 0.4) is 0 Å². The zero-order valence-electron chi connectivity index (χ0n) is 11.7. The molecule has 0 aromatic heterocycles. The van der Waals surface area contributed by atoms with E-state index in [-0.39, 0.29) is 18.4 Å². The first-order valence-corrected chi connectivity index (χ1v) is 6.80. The lowest BCUT2D eigenvalue weighted by Crippen LogP contribution is -2.58. The third-order valence-corrected chi connectivity index (χ3v) is 4.08. The molecule has 0 aromatic rings. The van der Waals surface area contributed by atoms with Crippen molar-refractivity contribution < 1.29 is 4.79 Å². The van der Waals surface area contributed by atoms with Gasteiger partial charge in [0.2, 0.25) is 5.91 Å². The fraction of sp³-hybridized carbons (Fsp3) is 0.923. The molecule has 3 atom stereocenters. The van der Waals surface area contributed by atoms with Crippen LogP contribution in [0.2, 0.25) is 0 Å². The highest BCUT2D eigenvalue weighted by atomic mass is 35.5. The summed E-state index contributed by atoms with van der Waals surface area (Å²) in [7, 11) is 2.12. The first-order chi connectivity index (χ1) is 8.08. The fourth-order valence-corrected chi connectivity index (χ4v) is 2.96. The molecule has 0 radical (unpaired) electrons. The van der Waals surface area contributed by atoms with Gasteiger partial charge in [-0.2, -0.15) is 0 Å². The molecule has 2 fully saturated rings. The van der Waals surface area contributed by atoms with Gasteiger partial charge in [-0.25, -0.2) is 0 Å². The Morgan fingerprint density at radius 3 is 2.61 bits per heavy atom. The van der Waals surface area contributed by atoms with Crippen LogP contribution in [0.25, 0.3) is 0 Å². The highest BCUT2D eigenvalue weighted by Crippen LogP contribution is 2.18. The molecule has 106 valence electrons. The third-order valence-electron chi connectivity index (χ3n) is 4.08. The van der Waals surface area contributed by atoms with Crippen LogP contribution in [0.15, 0.2) is 0 Å². The summed E-state index contributed by atoms with van der Waals surface area (Å²) in [4.78, 5) is 16.8. The Hall–Kier alpha value is -0.320. The molecule has 5 heteroatoms. The SMILES string of the molecule is CC1CCNC(C(=O)N2CCN(C)CC2C)C1.Cl. The van der Waals surface area contributed by atoms with Crippen LogP contribution in [0, 0.1) is 5.92 Å². The summed E-state index contributed by atoms with van der Waals surface area (Å²) in [6.07, 6.45) is 2.19. The normalized spacial score (nSPS) is 33.9. The summed E-state index contributed by atoms with van der Waals surface area (Å²) in [6, 6.07) is 0.407. The molecule has 0 bridgehead atoms. The number of piperidine rings is 1. The van der Waals surface area contributed by atoms with Gasteiger partial charge in [0.25, 0.3) is 0 Å². The average molecular weight is 276 g/mol. The van der Waals surface area contributed by atoms with E-state index >= 15 is 0 Å². The van der Waals surface area contributed by atoms with Gasteiger partial charge in [0.1, 0.15) is 0 Å². The van der Waals surface area contributed by atoms with E-state index in [1.54, 1.807) is 0 Å². The van der Waals surface area contributed by atoms with Crippen LogP contribution in [0.4, 0.5) is 0 Å². The summed E-state index contributed by atoms with van der Waals surface area (Å²) in [5.41, 5.74) is 0. The Morgan fingerprint density at radius 1 is 1.28 bits per heavy atom. The van der Waals surface area contributed by atoms with E-state index in [1.165, 1.54) is 6.42 Å². The Balaban J connectivity index is 0.00000162. The molecule has 2 saturated heterocycles. The standard InChI is InChI=1S/C13H25N3O.ClH/c1-10-4-5-14-12(8-10)13(17)16-7-6-15(3)9-11(16)2;/h10-12,14H,4-9H2,1-3H3;1H. The second-order valence-corrected chi connectivity index (χ2v) is 5.78. The van der Waals surface area contributed by atoms with Gasteiger partial charge in [0, 0.05) is 25.7 Å². The lowest BCUT2D eigenvalue weighted by atomic mass is 9.93. The van der Waals surface area contributed by atoms with E-state index in [1.807, 2.05) is 0 Å². The van der Waals surface area contributed by atoms with Gasteiger partial charge in [-0.05, 0) is 39.3 Å². The van der Waals surface area contributed by atoms with Crippen molar-refractivity contribution in [2.45, 2.75) is 38.8 Å². The molecular weight excluding hydrogens is 250 g/mol. The number of hydrogen-bond donors (Lipinski definition) is 1. The first-order valence-electron chi connectivity index (χ1n) is 6.80. The summed E-state index contributed by atoms with van der Waals surface area (Å²) in [5.74, 6) is 0.991. The van der Waals surface area contributed by atoms with E-state index in [2.05, 4.69) is 36.0 Å². The minimum Gasteiger partial charge on any atom is -0.336 e. The van der Waals surface area contributed by atoms with E-state index in [0.717, 1.165) is 32.6 Å². The number of carbonyl (C=O) groups is 1. The van der Waals surface area contributed by atoms with Crippen molar-refractivity contribution in [3.63, 3.8) is 0 Å². The average Bonchev–Trinajstić information content (AvgIpc) is 2.28. The molecule has 2 rings (SSSR count). The Bertz CT molecular complexity index is 287. The van der Waals surface area contributed by atoms with Crippen LogP contribution in [-0.2, 0) is 4.79 Å². The van der Waals surface area contributed by atoms with Crippen LogP contribution in [0.5, 0.6) is 0 Å². The van der Waals surface area contributed by atoms with Crippen LogP contribution < -0.4 is 5.32 Å². The number of nitrogens with one attached hydrogen (secondary N) is 1. The molecule has 2 heterocycles. The molecule has 1 N–H and O–H groups in total. The largest absolute Gasteiger partial charge is 0.336 e. The second-order valence-electron chi connectivity index (χ2n) is 5.78. The van der Waals surface area contributed by atoms with Crippen molar-refractivity contribution in [2.75, 3.05) is 33.2 Å². The summed E-state index contributed by atoms with van der Waals surface area (Å²) in [6.45, 7) is 8.25. The van der Waals surface area contributed by atoms with E-state index in [4.69, 9.17) is 0 Å². The van der Waals surface area contributed by atoms with Crippen molar-refractivity contribution in [1.82, 2.24) is 15.1 Å². The molecule has 0 aromatic carbocycles. The predicted molar refractivity (Wildman–Crippen MR) is 76.1 cm³/mol. The maximum absolute atomic E-state index is 12.5. The van der Waals surface area contributed by atoms with Crippen molar-refractivity contribution in [2.24, 2.45) is 5.92 Å². The zero-order valence-corrected chi connectivity index (χ0v) is 12.5. The van der Waals surface area contributed by atoms with Crippen molar-refractivity contribution in [1.29, 1.82) is 0 Å². The van der Waals surface area contributed by atoms with Crippen molar-refractivity contribution in [3.05, 3.63) is 0 Å². The number of nitrogens with zero attached hydrogens (tertiary/aromatic N) is 2. The minimum atomic E-state index is 0. The monoisotopic (exact) mass is 275 g/mol. The van der Waals surface area contributed by atoms with Gasteiger partial charge >= 0.3 is 0 Å². The molecule has 0 aliphatic carbocycles. The summed E-state index contributed by atoms with van der Waals surface area (Å²) >= 11 is 0. The lowest BCUT2D eigenvalue weighted by molar-refractivity contribution is -0.138.